The first-order valence-corrected chi connectivity index (χ1v) is 6.38. The van der Waals surface area contributed by atoms with Crippen LogP contribution in [0.5, 0.6) is 0 Å². The Morgan fingerprint density at radius 3 is 2.69 bits per heavy atom. The van der Waals surface area contributed by atoms with Crippen molar-refractivity contribution < 1.29 is 9.90 Å². The molecule has 0 aliphatic rings. The van der Waals surface area contributed by atoms with E-state index in [1.807, 2.05) is 18.2 Å². The van der Waals surface area contributed by atoms with E-state index in [2.05, 4.69) is 17.4 Å². The van der Waals surface area contributed by atoms with Gasteiger partial charge in [0.05, 0.1) is 0 Å². The van der Waals surface area contributed by atoms with Crippen molar-refractivity contribution in [3.63, 3.8) is 0 Å². The Balaban J connectivity index is 1.94. The molecule has 2 N–H and O–H groups in total. The average molecular weight is 239 g/mol. The molecule has 3 nitrogen and oxygen atoms in total. The fraction of sp³-hybridized carbons (Fsp3) is 0.417. The van der Waals surface area contributed by atoms with Gasteiger partial charge in [-0.05, 0) is 25.1 Å². The van der Waals surface area contributed by atoms with Gasteiger partial charge in [-0.3, -0.25) is 4.79 Å². The Morgan fingerprint density at radius 2 is 2.00 bits per heavy atom. The highest BCUT2D eigenvalue weighted by atomic mass is 32.2. The fourth-order valence-electron chi connectivity index (χ4n) is 1.25. The molecular formula is C12H17NO2S. The summed E-state index contributed by atoms with van der Waals surface area (Å²) in [6, 6.07) is 10.3. The number of thioether (sulfide) groups is 1. The Kier molecular flexibility index (Phi) is 6.69. The first-order valence-electron chi connectivity index (χ1n) is 5.39. The van der Waals surface area contributed by atoms with Crippen LogP contribution in [0.2, 0.25) is 0 Å². The van der Waals surface area contributed by atoms with E-state index < -0.39 is 5.97 Å². The molecule has 88 valence electrons. The summed E-state index contributed by atoms with van der Waals surface area (Å²) >= 11 is 1.81. The predicted molar refractivity (Wildman–Crippen MR) is 66.9 cm³/mol. The Bertz CT molecular complexity index is 303. The number of carbonyl (C=O) groups is 1. The van der Waals surface area contributed by atoms with Crippen molar-refractivity contribution in [1.29, 1.82) is 0 Å². The van der Waals surface area contributed by atoms with Crippen molar-refractivity contribution in [3.8, 4) is 0 Å². The first-order chi connectivity index (χ1) is 7.79. The maximum atomic E-state index is 10.2. The third-order valence-electron chi connectivity index (χ3n) is 2.03. The lowest BCUT2D eigenvalue weighted by atomic mass is 10.3. The largest absolute Gasteiger partial charge is 0.481 e. The summed E-state index contributed by atoms with van der Waals surface area (Å²) in [6.45, 7) is 1.70. The minimum atomic E-state index is -0.722. The molecule has 0 spiro atoms. The SMILES string of the molecule is O=C(O)CCCNCCSc1ccccc1. The van der Waals surface area contributed by atoms with E-state index in [-0.39, 0.29) is 6.42 Å². The molecule has 0 aromatic heterocycles. The number of benzene rings is 1. The summed E-state index contributed by atoms with van der Waals surface area (Å²) in [6.07, 6.45) is 0.949. The molecule has 0 amide bonds. The normalized spacial score (nSPS) is 10.2. The fourth-order valence-corrected chi connectivity index (χ4v) is 2.08. The minimum Gasteiger partial charge on any atom is -0.481 e. The van der Waals surface area contributed by atoms with Gasteiger partial charge in [-0.1, -0.05) is 18.2 Å². The summed E-state index contributed by atoms with van der Waals surface area (Å²) < 4.78 is 0. The topological polar surface area (TPSA) is 49.3 Å². The van der Waals surface area contributed by atoms with Gasteiger partial charge in [0, 0.05) is 23.6 Å². The average Bonchev–Trinajstić information content (AvgIpc) is 2.29. The minimum absolute atomic E-state index is 0.249. The molecule has 4 heteroatoms. The predicted octanol–water partition coefficient (Wildman–Crippen LogP) is 2.23. The first kappa shape index (κ1) is 13.1. The number of rotatable bonds is 8. The molecule has 0 saturated heterocycles. The molecule has 16 heavy (non-hydrogen) atoms. The smallest absolute Gasteiger partial charge is 0.303 e. The highest BCUT2D eigenvalue weighted by Gasteiger charge is 1.96. The number of aliphatic carboxylic acids is 1. The molecule has 0 atom stereocenters. The van der Waals surface area contributed by atoms with Gasteiger partial charge >= 0.3 is 5.97 Å². The molecule has 1 aromatic rings. The third kappa shape index (κ3) is 6.48. The highest BCUT2D eigenvalue weighted by Crippen LogP contribution is 2.15. The summed E-state index contributed by atoms with van der Waals surface area (Å²) in [4.78, 5) is 11.5. The second-order valence-electron chi connectivity index (χ2n) is 3.41. The molecule has 0 radical (unpaired) electrons. The third-order valence-corrected chi connectivity index (χ3v) is 3.05. The molecular weight excluding hydrogens is 222 g/mol. The van der Waals surface area contributed by atoms with Crippen molar-refractivity contribution in [2.45, 2.75) is 17.7 Å². The van der Waals surface area contributed by atoms with Crippen LogP contribution in [0, 0.1) is 0 Å². The van der Waals surface area contributed by atoms with Crippen LogP contribution in [0.3, 0.4) is 0 Å². The summed E-state index contributed by atoms with van der Waals surface area (Å²) in [7, 11) is 0. The van der Waals surface area contributed by atoms with E-state index >= 15 is 0 Å². The lowest BCUT2D eigenvalue weighted by molar-refractivity contribution is -0.137. The number of carboxylic acids is 1. The second-order valence-corrected chi connectivity index (χ2v) is 4.58. The molecule has 0 bridgehead atoms. The highest BCUT2D eigenvalue weighted by molar-refractivity contribution is 7.99. The van der Waals surface area contributed by atoms with Crippen molar-refractivity contribution in [3.05, 3.63) is 30.3 Å². The van der Waals surface area contributed by atoms with Crippen LogP contribution in [0.4, 0.5) is 0 Å². The van der Waals surface area contributed by atoms with Crippen LogP contribution in [0.1, 0.15) is 12.8 Å². The van der Waals surface area contributed by atoms with Gasteiger partial charge < -0.3 is 10.4 Å². The van der Waals surface area contributed by atoms with E-state index in [4.69, 9.17) is 5.11 Å². The quantitative estimate of drug-likeness (QED) is 0.539. The molecule has 0 fully saturated rings. The van der Waals surface area contributed by atoms with Crippen molar-refractivity contribution >= 4 is 17.7 Å². The standard InChI is InChI=1S/C12H17NO2S/c14-12(15)7-4-8-13-9-10-16-11-5-2-1-3-6-11/h1-3,5-6,13H,4,7-10H2,(H,14,15). The van der Waals surface area contributed by atoms with Crippen LogP contribution in [0.15, 0.2) is 35.2 Å². The summed E-state index contributed by atoms with van der Waals surface area (Å²) in [5.74, 6) is 0.289. The van der Waals surface area contributed by atoms with Crippen LogP contribution >= 0.6 is 11.8 Å². The van der Waals surface area contributed by atoms with Gasteiger partial charge in [0.15, 0.2) is 0 Å². The number of nitrogens with one attached hydrogen (secondary N) is 1. The van der Waals surface area contributed by atoms with E-state index in [0.29, 0.717) is 6.42 Å². The van der Waals surface area contributed by atoms with E-state index in [1.54, 1.807) is 11.8 Å². The van der Waals surface area contributed by atoms with Gasteiger partial charge in [0.1, 0.15) is 0 Å². The maximum absolute atomic E-state index is 10.2. The van der Waals surface area contributed by atoms with Gasteiger partial charge in [0.2, 0.25) is 0 Å². The van der Waals surface area contributed by atoms with Crippen LogP contribution in [-0.4, -0.2) is 29.9 Å². The lowest BCUT2D eigenvalue weighted by Gasteiger charge is -2.03. The number of hydrogen-bond donors (Lipinski definition) is 2. The molecule has 0 aliphatic carbocycles. The zero-order valence-corrected chi connectivity index (χ0v) is 10.0. The van der Waals surface area contributed by atoms with E-state index in [1.165, 1.54) is 4.90 Å². The van der Waals surface area contributed by atoms with Gasteiger partial charge in [-0.2, -0.15) is 0 Å². The molecule has 0 aliphatic heterocycles. The Hall–Kier alpha value is -1.00. The second kappa shape index (κ2) is 8.19. The zero-order chi connectivity index (χ0) is 11.6. The van der Waals surface area contributed by atoms with Gasteiger partial charge in [0.25, 0.3) is 0 Å². The Labute approximate surface area is 100 Å². The zero-order valence-electron chi connectivity index (χ0n) is 9.19. The van der Waals surface area contributed by atoms with Crippen molar-refractivity contribution in [1.82, 2.24) is 5.32 Å². The van der Waals surface area contributed by atoms with Crippen molar-refractivity contribution in [2.24, 2.45) is 0 Å². The molecule has 0 heterocycles. The number of carboxylic acid groups (broad SMARTS) is 1. The van der Waals surface area contributed by atoms with Crippen LogP contribution in [0.25, 0.3) is 0 Å². The lowest BCUT2D eigenvalue weighted by Crippen LogP contribution is -2.19. The van der Waals surface area contributed by atoms with E-state index in [9.17, 15) is 4.79 Å². The van der Waals surface area contributed by atoms with Gasteiger partial charge in [-0.15, -0.1) is 11.8 Å². The molecule has 1 rings (SSSR count). The summed E-state index contributed by atoms with van der Waals surface area (Å²) in [5, 5.41) is 11.7. The number of hydrogen-bond acceptors (Lipinski definition) is 3. The maximum Gasteiger partial charge on any atom is 0.303 e. The van der Waals surface area contributed by atoms with Gasteiger partial charge in [-0.25, -0.2) is 0 Å². The summed E-state index contributed by atoms with van der Waals surface area (Å²) in [5.41, 5.74) is 0. The van der Waals surface area contributed by atoms with Crippen LogP contribution in [-0.2, 0) is 4.79 Å². The van der Waals surface area contributed by atoms with Crippen molar-refractivity contribution in [2.75, 3.05) is 18.8 Å². The monoisotopic (exact) mass is 239 g/mol. The molecule has 1 aromatic carbocycles. The Morgan fingerprint density at radius 1 is 1.25 bits per heavy atom. The molecule has 0 unspecified atom stereocenters. The van der Waals surface area contributed by atoms with Crippen LogP contribution < -0.4 is 5.32 Å². The molecule has 0 saturated carbocycles. The van der Waals surface area contributed by atoms with E-state index in [0.717, 1.165) is 18.8 Å².